The van der Waals surface area contributed by atoms with Gasteiger partial charge in [-0.25, -0.2) is 12.8 Å². The number of rotatable bonds is 6. The lowest BCUT2D eigenvalue weighted by Gasteiger charge is -2.07. The van der Waals surface area contributed by atoms with E-state index >= 15 is 0 Å². The summed E-state index contributed by atoms with van der Waals surface area (Å²) in [6, 6.07) is 4.46. The van der Waals surface area contributed by atoms with Crippen molar-refractivity contribution < 1.29 is 12.8 Å². The van der Waals surface area contributed by atoms with Gasteiger partial charge in [-0.1, -0.05) is 24.6 Å². The van der Waals surface area contributed by atoms with Crippen LogP contribution < -0.4 is 5.32 Å². The van der Waals surface area contributed by atoms with Crippen LogP contribution >= 0.6 is 11.6 Å². The molecule has 1 aromatic rings. The van der Waals surface area contributed by atoms with Gasteiger partial charge in [0.15, 0.2) is 9.84 Å². The molecule has 0 atom stereocenters. The van der Waals surface area contributed by atoms with E-state index in [1.54, 1.807) is 13.0 Å². The molecular formula is C11H15ClFNO2S. The van der Waals surface area contributed by atoms with Crippen LogP contribution in [-0.4, -0.2) is 26.5 Å². The first-order valence-corrected chi connectivity index (χ1v) is 7.50. The summed E-state index contributed by atoms with van der Waals surface area (Å²) >= 11 is 5.83. The summed E-state index contributed by atoms with van der Waals surface area (Å²) in [7, 11) is -2.98. The maximum Gasteiger partial charge on any atom is 0.151 e. The summed E-state index contributed by atoms with van der Waals surface area (Å²) in [5.41, 5.74) is 0.364. The molecular weight excluding hydrogens is 265 g/mol. The second kappa shape index (κ2) is 6.33. The molecule has 6 heteroatoms. The Hall–Kier alpha value is -0.650. The summed E-state index contributed by atoms with van der Waals surface area (Å²) in [5, 5.41) is 3.21. The van der Waals surface area contributed by atoms with Crippen molar-refractivity contribution in [2.24, 2.45) is 0 Å². The number of benzene rings is 1. The third-order valence-corrected chi connectivity index (χ3v) is 4.45. The van der Waals surface area contributed by atoms with Gasteiger partial charge in [0, 0.05) is 29.4 Å². The first-order valence-electron chi connectivity index (χ1n) is 5.30. The van der Waals surface area contributed by atoms with E-state index in [4.69, 9.17) is 11.6 Å². The highest BCUT2D eigenvalue weighted by molar-refractivity contribution is 7.91. The van der Waals surface area contributed by atoms with Crippen LogP contribution in [0.25, 0.3) is 0 Å². The van der Waals surface area contributed by atoms with Gasteiger partial charge in [0.05, 0.1) is 5.75 Å². The number of nitrogens with one attached hydrogen (secondary N) is 1. The monoisotopic (exact) mass is 279 g/mol. The Kier molecular flexibility index (Phi) is 5.36. The van der Waals surface area contributed by atoms with Gasteiger partial charge in [-0.2, -0.15) is 0 Å². The van der Waals surface area contributed by atoms with Gasteiger partial charge < -0.3 is 5.32 Å². The van der Waals surface area contributed by atoms with Crippen molar-refractivity contribution in [3.05, 3.63) is 34.6 Å². The third kappa shape index (κ3) is 4.61. The minimum absolute atomic E-state index is 0.0512. The fourth-order valence-electron chi connectivity index (χ4n) is 1.29. The van der Waals surface area contributed by atoms with Crippen molar-refractivity contribution in [1.29, 1.82) is 0 Å². The van der Waals surface area contributed by atoms with Crippen molar-refractivity contribution in [2.75, 3.05) is 18.1 Å². The van der Waals surface area contributed by atoms with Gasteiger partial charge in [0.2, 0.25) is 0 Å². The minimum atomic E-state index is -2.98. The van der Waals surface area contributed by atoms with Crippen molar-refractivity contribution in [1.82, 2.24) is 5.32 Å². The summed E-state index contributed by atoms with van der Waals surface area (Å²) in [4.78, 5) is 0. The lowest BCUT2D eigenvalue weighted by atomic mass is 10.2. The van der Waals surface area contributed by atoms with Crippen LogP contribution in [0.4, 0.5) is 4.39 Å². The van der Waals surface area contributed by atoms with Crippen molar-refractivity contribution >= 4 is 21.4 Å². The van der Waals surface area contributed by atoms with E-state index in [9.17, 15) is 12.8 Å². The molecule has 0 unspecified atom stereocenters. The molecule has 3 nitrogen and oxygen atoms in total. The zero-order valence-electron chi connectivity index (χ0n) is 9.54. The van der Waals surface area contributed by atoms with E-state index in [1.165, 1.54) is 12.1 Å². The van der Waals surface area contributed by atoms with Gasteiger partial charge in [-0.15, -0.1) is 0 Å². The van der Waals surface area contributed by atoms with E-state index in [0.29, 0.717) is 17.1 Å². The molecule has 0 fully saturated rings. The van der Waals surface area contributed by atoms with Crippen LogP contribution in [0.1, 0.15) is 12.5 Å². The molecule has 0 aromatic heterocycles. The lowest BCUT2D eigenvalue weighted by molar-refractivity contribution is 0.583. The molecule has 0 spiro atoms. The molecule has 0 aliphatic rings. The maximum atomic E-state index is 13.3. The summed E-state index contributed by atoms with van der Waals surface area (Å²) in [6.07, 6.45) is 0. The highest BCUT2D eigenvalue weighted by Gasteiger charge is 2.08. The van der Waals surface area contributed by atoms with Gasteiger partial charge in [0.1, 0.15) is 5.82 Å². The molecule has 0 aliphatic carbocycles. The van der Waals surface area contributed by atoms with Crippen LogP contribution in [0.15, 0.2) is 18.2 Å². The van der Waals surface area contributed by atoms with E-state index in [2.05, 4.69) is 5.32 Å². The smallest absolute Gasteiger partial charge is 0.151 e. The van der Waals surface area contributed by atoms with E-state index < -0.39 is 9.84 Å². The zero-order valence-corrected chi connectivity index (χ0v) is 11.1. The van der Waals surface area contributed by atoms with Gasteiger partial charge in [-0.3, -0.25) is 0 Å². The molecule has 0 saturated carbocycles. The van der Waals surface area contributed by atoms with Crippen molar-refractivity contribution in [2.45, 2.75) is 13.5 Å². The van der Waals surface area contributed by atoms with Gasteiger partial charge >= 0.3 is 0 Å². The Bertz CT molecular complexity index is 456. The highest BCUT2D eigenvalue weighted by Crippen LogP contribution is 2.18. The largest absolute Gasteiger partial charge is 0.312 e. The Morgan fingerprint density at radius 2 is 2.12 bits per heavy atom. The fourth-order valence-corrected chi connectivity index (χ4v) is 2.26. The Balaban J connectivity index is 2.47. The normalized spacial score (nSPS) is 11.7. The Morgan fingerprint density at radius 3 is 2.71 bits per heavy atom. The summed E-state index contributed by atoms with van der Waals surface area (Å²) < 4.78 is 35.7. The standard InChI is InChI=1S/C11H15ClFNO2S/c1-2-17(15,16)7-6-14-8-9-10(12)4-3-5-11(9)13/h3-5,14H,2,6-8H2,1H3. The number of hydrogen-bond acceptors (Lipinski definition) is 3. The fraction of sp³-hybridized carbons (Fsp3) is 0.455. The number of sulfone groups is 1. The molecule has 1 N–H and O–H groups in total. The second-order valence-corrected chi connectivity index (χ2v) is 6.49. The number of halogens is 2. The van der Waals surface area contributed by atoms with Gasteiger partial charge in [0.25, 0.3) is 0 Å². The SMILES string of the molecule is CCS(=O)(=O)CCNCc1c(F)cccc1Cl. The van der Waals surface area contributed by atoms with Crippen LogP contribution in [0, 0.1) is 5.82 Å². The van der Waals surface area contributed by atoms with Crippen molar-refractivity contribution in [3.63, 3.8) is 0 Å². The Labute approximate surface area is 106 Å². The molecule has 1 rings (SSSR count). The zero-order chi connectivity index (χ0) is 12.9. The van der Waals surface area contributed by atoms with Crippen LogP contribution in [0.5, 0.6) is 0 Å². The molecule has 0 heterocycles. The second-order valence-electron chi connectivity index (χ2n) is 3.61. The lowest BCUT2D eigenvalue weighted by Crippen LogP contribution is -2.24. The average Bonchev–Trinajstić information content (AvgIpc) is 2.27. The first kappa shape index (κ1) is 14.4. The van der Waals surface area contributed by atoms with E-state index in [1.807, 2.05) is 0 Å². The molecule has 0 radical (unpaired) electrons. The molecule has 0 aliphatic heterocycles. The first-order chi connectivity index (χ1) is 7.96. The quantitative estimate of drug-likeness (QED) is 0.810. The van der Waals surface area contributed by atoms with E-state index in [0.717, 1.165) is 0 Å². The molecule has 0 saturated heterocycles. The third-order valence-electron chi connectivity index (χ3n) is 2.39. The average molecular weight is 280 g/mol. The molecule has 96 valence electrons. The molecule has 0 bridgehead atoms. The summed E-state index contributed by atoms with van der Waals surface area (Å²) in [6.45, 7) is 2.12. The van der Waals surface area contributed by atoms with Crippen LogP contribution in [0.3, 0.4) is 0 Å². The maximum absolute atomic E-state index is 13.3. The van der Waals surface area contributed by atoms with Gasteiger partial charge in [-0.05, 0) is 12.1 Å². The molecule has 17 heavy (non-hydrogen) atoms. The van der Waals surface area contributed by atoms with Crippen molar-refractivity contribution in [3.8, 4) is 0 Å². The minimum Gasteiger partial charge on any atom is -0.312 e. The summed E-state index contributed by atoms with van der Waals surface area (Å²) in [5.74, 6) is -0.214. The predicted molar refractivity (Wildman–Crippen MR) is 67.4 cm³/mol. The topological polar surface area (TPSA) is 46.2 Å². The molecule has 1 aromatic carbocycles. The Morgan fingerprint density at radius 1 is 1.41 bits per heavy atom. The van der Waals surface area contributed by atoms with E-state index in [-0.39, 0.29) is 23.9 Å². The highest BCUT2D eigenvalue weighted by atomic mass is 35.5. The van der Waals surface area contributed by atoms with Crippen LogP contribution in [0.2, 0.25) is 5.02 Å². The molecule has 0 amide bonds. The predicted octanol–water partition coefficient (Wildman–Crippen LogP) is 2.00. The van der Waals surface area contributed by atoms with Crippen LogP contribution in [-0.2, 0) is 16.4 Å². The number of hydrogen-bond donors (Lipinski definition) is 1.